The summed E-state index contributed by atoms with van der Waals surface area (Å²) in [5, 5.41) is 0.547. The number of aldehydes is 1. The predicted octanol–water partition coefficient (Wildman–Crippen LogP) is 3.00. The minimum atomic E-state index is -0.254. The highest BCUT2D eigenvalue weighted by atomic mass is 19.1. The van der Waals surface area contributed by atoms with E-state index in [1.54, 1.807) is 12.1 Å². The molecule has 0 unspecified atom stereocenters. The molecule has 0 N–H and O–H groups in total. The third kappa shape index (κ3) is 1.43. The smallest absolute Gasteiger partial charge is 0.166 e. The molecule has 82 valence electrons. The van der Waals surface area contributed by atoms with Crippen LogP contribution in [0.3, 0.4) is 0 Å². The molecule has 0 bridgehead atoms. The predicted molar refractivity (Wildman–Crippen MR) is 60.0 cm³/mol. The van der Waals surface area contributed by atoms with Crippen LogP contribution in [0.4, 0.5) is 4.39 Å². The molecule has 1 aliphatic rings. The van der Waals surface area contributed by atoms with Gasteiger partial charge < -0.3 is 4.57 Å². The Morgan fingerprint density at radius 2 is 2.25 bits per heavy atom. The molecule has 2 aromatic rings. The standard InChI is InChI=1S/C13H12FNO/c14-12-2-1-3-13-11(12)6-10(8-16)15(13)7-9-4-5-9/h1-3,6,8-9H,4-5,7H2. The maximum atomic E-state index is 13.5. The Morgan fingerprint density at radius 3 is 2.94 bits per heavy atom. The second kappa shape index (κ2) is 3.44. The van der Waals surface area contributed by atoms with Crippen LogP contribution in [0.25, 0.3) is 10.9 Å². The molecule has 16 heavy (non-hydrogen) atoms. The second-order valence-corrected chi connectivity index (χ2v) is 4.41. The molecule has 0 aliphatic heterocycles. The first-order chi connectivity index (χ1) is 7.79. The fourth-order valence-corrected chi connectivity index (χ4v) is 2.13. The Morgan fingerprint density at radius 1 is 1.44 bits per heavy atom. The zero-order valence-corrected chi connectivity index (χ0v) is 8.82. The van der Waals surface area contributed by atoms with Gasteiger partial charge in [0, 0.05) is 11.9 Å². The van der Waals surface area contributed by atoms with Crippen molar-refractivity contribution < 1.29 is 9.18 Å². The van der Waals surface area contributed by atoms with Crippen LogP contribution < -0.4 is 0 Å². The molecule has 0 atom stereocenters. The van der Waals surface area contributed by atoms with E-state index in [4.69, 9.17) is 0 Å². The number of carbonyl (C=O) groups excluding carboxylic acids is 1. The van der Waals surface area contributed by atoms with Gasteiger partial charge in [-0.2, -0.15) is 0 Å². The average molecular weight is 217 g/mol. The van der Waals surface area contributed by atoms with Crippen molar-refractivity contribution >= 4 is 17.2 Å². The highest BCUT2D eigenvalue weighted by Gasteiger charge is 2.23. The van der Waals surface area contributed by atoms with Crippen molar-refractivity contribution in [1.29, 1.82) is 0 Å². The van der Waals surface area contributed by atoms with Crippen LogP contribution in [0.1, 0.15) is 23.3 Å². The second-order valence-electron chi connectivity index (χ2n) is 4.41. The van der Waals surface area contributed by atoms with E-state index >= 15 is 0 Å². The number of rotatable bonds is 3. The van der Waals surface area contributed by atoms with Crippen molar-refractivity contribution in [3.05, 3.63) is 35.8 Å². The lowest BCUT2D eigenvalue weighted by atomic mass is 10.2. The Bertz CT molecular complexity index is 554. The first kappa shape index (κ1) is 9.58. The van der Waals surface area contributed by atoms with E-state index in [0.717, 1.165) is 18.3 Å². The summed E-state index contributed by atoms with van der Waals surface area (Å²) in [4.78, 5) is 11.0. The monoisotopic (exact) mass is 217 g/mol. The van der Waals surface area contributed by atoms with Gasteiger partial charge in [-0.05, 0) is 37.0 Å². The van der Waals surface area contributed by atoms with Crippen LogP contribution in [0.2, 0.25) is 0 Å². The summed E-state index contributed by atoms with van der Waals surface area (Å²) in [6.45, 7) is 0.834. The number of hydrogen-bond donors (Lipinski definition) is 0. The van der Waals surface area contributed by atoms with Gasteiger partial charge in [0.1, 0.15) is 5.82 Å². The quantitative estimate of drug-likeness (QED) is 0.724. The fourth-order valence-electron chi connectivity index (χ4n) is 2.13. The highest BCUT2D eigenvalue weighted by molar-refractivity contribution is 5.89. The summed E-state index contributed by atoms with van der Waals surface area (Å²) in [6.07, 6.45) is 3.24. The van der Waals surface area contributed by atoms with E-state index in [9.17, 15) is 9.18 Å². The third-order valence-corrected chi connectivity index (χ3v) is 3.18. The molecule has 3 heteroatoms. The first-order valence-corrected chi connectivity index (χ1v) is 5.52. The number of nitrogens with zero attached hydrogens (tertiary/aromatic N) is 1. The molecule has 1 aliphatic carbocycles. The maximum Gasteiger partial charge on any atom is 0.166 e. The molecule has 0 spiro atoms. The molecule has 1 fully saturated rings. The summed E-state index contributed by atoms with van der Waals surface area (Å²) in [5.41, 5.74) is 1.40. The fraction of sp³-hybridized carbons (Fsp3) is 0.308. The van der Waals surface area contributed by atoms with Crippen LogP contribution in [0.15, 0.2) is 24.3 Å². The Labute approximate surface area is 92.7 Å². The van der Waals surface area contributed by atoms with Gasteiger partial charge in [0.05, 0.1) is 11.2 Å². The van der Waals surface area contributed by atoms with Gasteiger partial charge in [-0.15, -0.1) is 0 Å². The number of halogens is 1. The van der Waals surface area contributed by atoms with E-state index in [1.165, 1.54) is 18.9 Å². The molecular weight excluding hydrogens is 205 g/mol. The van der Waals surface area contributed by atoms with Gasteiger partial charge in [-0.1, -0.05) is 6.07 Å². The van der Waals surface area contributed by atoms with Crippen LogP contribution in [0, 0.1) is 11.7 Å². The summed E-state index contributed by atoms with van der Waals surface area (Å²) in [7, 11) is 0. The summed E-state index contributed by atoms with van der Waals surface area (Å²) >= 11 is 0. The third-order valence-electron chi connectivity index (χ3n) is 3.18. The minimum absolute atomic E-state index is 0.254. The van der Waals surface area contributed by atoms with Gasteiger partial charge in [-0.3, -0.25) is 4.79 Å². The first-order valence-electron chi connectivity index (χ1n) is 5.52. The van der Waals surface area contributed by atoms with Crippen LogP contribution in [0.5, 0.6) is 0 Å². The van der Waals surface area contributed by atoms with Crippen LogP contribution >= 0.6 is 0 Å². The summed E-state index contributed by atoms with van der Waals surface area (Å²) < 4.78 is 15.5. The SMILES string of the molecule is O=Cc1cc2c(F)cccc2n1CC1CC1. The molecule has 0 amide bonds. The molecule has 2 nitrogen and oxygen atoms in total. The maximum absolute atomic E-state index is 13.5. The normalized spacial score (nSPS) is 15.6. The zero-order chi connectivity index (χ0) is 11.1. The van der Waals surface area contributed by atoms with E-state index < -0.39 is 0 Å². The Hall–Kier alpha value is -1.64. The zero-order valence-electron chi connectivity index (χ0n) is 8.82. The number of carbonyl (C=O) groups is 1. The molecule has 1 heterocycles. The van der Waals surface area contributed by atoms with E-state index in [-0.39, 0.29) is 5.82 Å². The van der Waals surface area contributed by atoms with Crippen molar-refractivity contribution in [3.8, 4) is 0 Å². The number of fused-ring (bicyclic) bond motifs is 1. The number of benzene rings is 1. The topological polar surface area (TPSA) is 22.0 Å². The molecule has 0 radical (unpaired) electrons. The summed E-state index contributed by atoms with van der Waals surface area (Å²) in [5.74, 6) is 0.410. The van der Waals surface area contributed by atoms with Gasteiger partial charge in [0.15, 0.2) is 6.29 Å². The van der Waals surface area contributed by atoms with Crippen molar-refractivity contribution in [3.63, 3.8) is 0 Å². The molecule has 1 aromatic heterocycles. The average Bonchev–Trinajstić information content (AvgIpc) is 3.02. The van der Waals surface area contributed by atoms with Crippen molar-refractivity contribution in [2.24, 2.45) is 5.92 Å². The molecular formula is C13H12FNO. The molecule has 1 saturated carbocycles. The molecule has 1 aromatic carbocycles. The van der Waals surface area contributed by atoms with Gasteiger partial charge >= 0.3 is 0 Å². The molecule has 3 rings (SSSR count). The lowest BCUT2D eigenvalue weighted by molar-refractivity contribution is 0.111. The Balaban J connectivity index is 2.21. The van der Waals surface area contributed by atoms with Crippen molar-refractivity contribution in [2.75, 3.05) is 0 Å². The lowest BCUT2D eigenvalue weighted by Crippen LogP contribution is -2.03. The summed E-state index contributed by atoms with van der Waals surface area (Å²) in [6, 6.07) is 6.63. The van der Waals surface area contributed by atoms with Crippen molar-refractivity contribution in [2.45, 2.75) is 19.4 Å². The van der Waals surface area contributed by atoms with Crippen LogP contribution in [-0.4, -0.2) is 10.9 Å². The number of aromatic nitrogens is 1. The number of hydrogen-bond acceptors (Lipinski definition) is 1. The van der Waals surface area contributed by atoms with Crippen LogP contribution in [-0.2, 0) is 6.54 Å². The van der Waals surface area contributed by atoms with E-state index in [0.29, 0.717) is 17.0 Å². The van der Waals surface area contributed by atoms with Crippen molar-refractivity contribution in [1.82, 2.24) is 4.57 Å². The van der Waals surface area contributed by atoms with Gasteiger partial charge in [0.2, 0.25) is 0 Å². The minimum Gasteiger partial charge on any atom is -0.338 e. The van der Waals surface area contributed by atoms with E-state index in [2.05, 4.69) is 0 Å². The largest absolute Gasteiger partial charge is 0.338 e. The van der Waals surface area contributed by atoms with Gasteiger partial charge in [-0.25, -0.2) is 4.39 Å². The molecule has 0 saturated heterocycles. The Kier molecular flexibility index (Phi) is 2.06. The lowest BCUT2D eigenvalue weighted by Gasteiger charge is -2.05. The highest BCUT2D eigenvalue weighted by Crippen LogP contribution is 2.33. The van der Waals surface area contributed by atoms with E-state index in [1.807, 2.05) is 10.6 Å². The van der Waals surface area contributed by atoms with Gasteiger partial charge in [0.25, 0.3) is 0 Å².